The van der Waals surface area contributed by atoms with Crippen LogP contribution in [0.1, 0.15) is 36.2 Å². The molecule has 4 nitrogen and oxygen atoms in total. The fourth-order valence-corrected chi connectivity index (χ4v) is 1.99. The van der Waals surface area contributed by atoms with Gasteiger partial charge in [0.05, 0.1) is 11.7 Å². The Morgan fingerprint density at radius 1 is 1.47 bits per heavy atom. The Morgan fingerprint density at radius 3 is 2.94 bits per heavy atom. The monoisotopic (exact) mass is 234 g/mol. The zero-order valence-electron chi connectivity index (χ0n) is 10.2. The maximum Gasteiger partial charge on any atom is 0.340 e. The zero-order chi connectivity index (χ0) is 12.4. The van der Waals surface area contributed by atoms with E-state index >= 15 is 0 Å². The lowest BCUT2D eigenvalue weighted by Crippen LogP contribution is -2.17. The van der Waals surface area contributed by atoms with Gasteiger partial charge in [0.15, 0.2) is 0 Å². The number of nitrogens with two attached hydrogens (primary N) is 1. The summed E-state index contributed by atoms with van der Waals surface area (Å²) >= 11 is 0. The first-order chi connectivity index (χ1) is 8.08. The van der Waals surface area contributed by atoms with Crippen LogP contribution in [0.25, 0.3) is 0 Å². The van der Waals surface area contributed by atoms with Crippen molar-refractivity contribution in [1.82, 2.24) is 0 Å². The van der Waals surface area contributed by atoms with Gasteiger partial charge in [0, 0.05) is 17.9 Å². The summed E-state index contributed by atoms with van der Waals surface area (Å²) in [6, 6.07) is 3.67. The van der Waals surface area contributed by atoms with Gasteiger partial charge in [-0.05, 0) is 44.4 Å². The van der Waals surface area contributed by atoms with Crippen LogP contribution < -0.4 is 11.1 Å². The lowest BCUT2D eigenvalue weighted by Gasteiger charge is -2.20. The third-order valence-electron chi connectivity index (χ3n) is 2.78. The molecule has 1 heterocycles. The van der Waals surface area contributed by atoms with E-state index in [0.717, 1.165) is 30.6 Å². The summed E-state index contributed by atoms with van der Waals surface area (Å²) in [7, 11) is 0. The van der Waals surface area contributed by atoms with Crippen LogP contribution in [-0.4, -0.2) is 18.6 Å². The molecule has 0 saturated carbocycles. The summed E-state index contributed by atoms with van der Waals surface area (Å²) in [4.78, 5) is 11.8. The minimum atomic E-state index is -0.342. The number of hydrogen-bond donors (Lipinski definition) is 2. The Balaban J connectivity index is 2.31. The fraction of sp³-hybridized carbons (Fsp3) is 0.462. The van der Waals surface area contributed by atoms with Gasteiger partial charge in [0.2, 0.25) is 0 Å². The van der Waals surface area contributed by atoms with E-state index in [1.54, 1.807) is 0 Å². The molecule has 1 aliphatic rings. The molecule has 1 aromatic rings. The van der Waals surface area contributed by atoms with Crippen molar-refractivity contribution in [3.63, 3.8) is 0 Å². The van der Waals surface area contributed by atoms with E-state index < -0.39 is 0 Å². The summed E-state index contributed by atoms with van der Waals surface area (Å²) in [5, 5.41) is 3.28. The summed E-state index contributed by atoms with van der Waals surface area (Å²) in [6.07, 6.45) is 1.93. The van der Waals surface area contributed by atoms with Gasteiger partial charge in [-0.3, -0.25) is 0 Å². The number of esters is 1. The highest BCUT2D eigenvalue weighted by molar-refractivity contribution is 5.96. The number of fused-ring (bicyclic) bond motifs is 1. The smallest absolute Gasteiger partial charge is 0.340 e. The molecule has 1 aromatic carbocycles. The Hall–Kier alpha value is -1.71. The van der Waals surface area contributed by atoms with E-state index in [2.05, 4.69) is 5.32 Å². The Bertz CT molecular complexity index is 441. The summed E-state index contributed by atoms with van der Waals surface area (Å²) < 4.78 is 5.17. The highest BCUT2D eigenvalue weighted by atomic mass is 16.5. The van der Waals surface area contributed by atoms with Crippen molar-refractivity contribution in [2.75, 3.05) is 17.6 Å². The molecule has 0 radical (unpaired) electrons. The minimum absolute atomic E-state index is 0.129. The molecule has 0 unspecified atom stereocenters. The second kappa shape index (κ2) is 4.65. The molecule has 92 valence electrons. The molecule has 0 amide bonds. The maximum atomic E-state index is 11.8. The van der Waals surface area contributed by atoms with Crippen molar-refractivity contribution in [3.05, 3.63) is 23.3 Å². The van der Waals surface area contributed by atoms with Crippen LogP contribution in [0.2, 0.25) is 0 Å². The van der Waals surface area contributed by atoms with Crippen LogP contribution in [0.15, 0.2) is 12.1 Å². The van der Waals surface area contributed by atoms with Crippen molar-refractivity contribution in [2.24, 2.45) is 0 Å². The number of rotatable bonds is 2. The average Bonchev–Trinajstić information content (AvgIpc) is 2.27. The van der Waals surface area contributed by atoms with Gasteiger partial charge >= 0.3 is 5.97 Å². The van der Waals surface area contributed by atoms with Crippen LogP contribution in [-0.2, 0) is 11.2 Å². The SMILES string of the molecule is CC(C)OC(=O)c1cc2c(cc1N)NCCC2. The van der Waals surface area contributed by atoms with E-state index in [1.165, 1.54) is 0 Å². The van der Waals surface area contributed by atoms with Crippen molar-refractivity contribution >= 4 is 17.3 Å². The molecule has 0 aliphatic carbocycles. The lowest BCUT2D eigenvalue weighted by molar-refractivity contribution is 0.0379. The predicted octanol–water partition coefficient (Wildman–Crippen LogP) is 2.19. The van der Waals surface area contributed by atoms with Gasteiger partial charge < -0.3 is 15.8 Å². The normalized spacial score (nSPS) is 14.1. The molecule has 4 heteroatoms. The summed E-state index contributed by atoms with van der Waals surface area (Å²) in [5.74, 6) is -0.342. The van der Waals surface area contributed by atoms with Crippen LogP contribution >= 0.6 is 0 Å². The minimum Gasteiger partial charge on any atom is -0.459 e. The number of nitrogen functional groups attached to an aromatic ring is 1. The third kappa shape index (κ3) is 2.52. The van der Waals surface area contributed by atoms with E-state index in [-0.39, 0.29) is 12.1 Å². The molecule has 0 bridgehead atoms. The highest BCUT2D eigenvalue weighted by Gasteiger charge is 2.17. The van der Waals surface area contributed by atoms with Crippen molar-refractivity contribution in [1.29, 1.82) is 0 Å². The lowest BCUT2D eigenvalue weighted by atomic mass is 9.99. The Kier molecular flexibility index (Phi) is 3.22. The molecule has 2 rings (SSSR count). The summed E-state index contributed by atoms with van der Waals surface area (Å²) in [5.41, 5.74) is 9.01. The molecule has 0 saturated heterocycles. The maximum absolute atomic E-state index is 11.8. The molecule has 1 aliphatic heterocycles. The van der Waals surface area contributed by atoms with Gasteiger partial charge in [-0.25, -0.2) is 4.79 Å². The number of hydrogen-bond acceptors (Lipinski definition) is 4. The van der Waals surface area contributed by atoms with E-state index in [1.807, 2.05) is 26.0 Å². The molecular formula is C13H18N2O2. The van der Waals surface area contributed by atoms with Crippen LogP contribution in [0, 0.1) is 0 Å². The zero-order valence-corrected chi connectivity index (χ0v) is 10.2. The molecule has 0 atom stereocenters. The number of ether oxygens (including phenoxy) is 1. The van der Waals surface area contributed by atoms with E-state index in [9.17, 15) is 4.79 Å². The van der Waals surface area contributed by atoms with Crippen LogP contribution in [0.3, 0.4) is 0 Å². The topological polar surface area (TPSA) is 64.3 Å². The van der Waals surface area contributed by atoms with Gasteiger partial charge in [-0.15, -0.1) is 0 Å². The highest BCUT2D eigenvalue weighted by Crippen LogP contribution is 2.28. The number of benzene rings is 1. The predicted molar refractivity (Wildman–Crippen MR) is 68.2 cm³/mol. The quantitative estimate of drug-likeness (QED) is 0.608. The van der Waals surface area contributed by atoms with Crippen molar-refractivity contribution in [2.45, 2.75) is 32.8 Å². The van der Waals surface area contributed by atoms with E-state index in [0.29, 0.717) is 11.3 Å². The number of carbonyl (C=O) groups excluding carboxylic acids is 1. The number of carbonyl (C=O) groups is 1. The van der Waals surface area contributed by atoms with Gasteiger partial charge in [-0.2, -0.15) is 0 Å². The first-order valence-corrected chi connectivity index (χ1v) is 5.95. The molecule has 0 aromatic heterocycles. The van der Waals surface area contributed by atoms with Gasteiger partial charge in [0.1, 0.15) is 0 Å². The standard InChI is InChI=1S/C13H18N2O2/c1-8(2)17-13(16)10-6-9-4-3-5-15-12(9)7-11(10)14/h6-8,15H,3-5,14H2,1-2H3. The Morgan fingerprint density at radius 2 is 2.24 bits per heavy atom. The summed E-state index contributed by atoms with van der Waals surface area (Å²) in [6.45, 7) is 4.62. The molecule has 17 heavy (non-hydrogen) atoms. The second-order valence-corrected chi connectivity index (χ2v) is 4.58. The molecule has 0 spiro atoms. The molecular weight excluding hydrogens is 216 g/mol. The third-order valence-corrected chi connectivity index (χ3v) is 2.78. The molecule has 0 fully saturated rings. The Labute approximate surface area is 101 Å². The van der Waals surface area contributed by atoms with Crippen LogP contribution in [0.4, 0.5) is 11.4 Å². The largest absolute Gasteiger partial charge is 0.459 e. The first-order valence-electron chi connectivity index (χ1n) is 5.95. The van der Waals surface area contributed by atoms with Crippen molar-refractivity contribution < 1.29 is 9.53 Å². The van der Waals surface area contributed by atoms with Crippen molar-refractivity contribution in [3.8, 4) is 0 Å². The number of aryl methyl sites for hydroxylation is 1. The van der Waals surface area contributed by atoms with E-state index in [4.69, 9.17) is 10.5 Å². The van der Waals surface area contributed by atoms with Gasteiger partial charge in [0.25, 0.3) is 0 Å². The van der Waals surface area contributed by atoms with Crippen LogP contribution in [0.5, 0.6) is 0 Å². The molecule has 3 N–H and O–H groups in total. The van der Waals surface area contributed by atoms with Gasteiger partial charge in [-0.1, -0.05) is 0 Å². The fourth-order valence-electron chi connectivity index (χ4n) is 1.99. The first kappa shape index (κ1) is 11.8. The average molecular weight is 234 g/mol. The number of nitrogens with one attached hydrogen (secondary N) is 1. The second-order valence-electron chi connectivity index (χ2n) is 4.58. The number of anilines is 2.